The van der Waals surface area contributed by atoms with Crippen molar-refractivity contribution in [3.8, 4) is 0 Å². The van der Waals surface area contributed by atoms with E-state index in [4.69, 9.17) is 4.74 Å². The predicted molar refractivity (Wildman–Crippen MR) is 63.8 cm³/mol. The van der Waals surface area contributed by atoms with E-state index in [1.54, 1.807) is 0 Å². The molecule has 0 atom stereocenters. The Kier molecular flexibility index (Phi) is 7.06. The first-order chi connectivity index (χ1) is 8.72. The second-order valence-corrected chi connectivity index (χ2v) is 4.65. The SMILES string of the molecule is O=COCC(=O)COC(=O)CCC1CCCCC1. The number of esters is 1. The second kappa shape index (κ2) is 8.66. The average molecular weight is 256 g/mol. The molecule has 0 spiro atoms. The molecule has 0 N–H and O–H groups in total. The fourth-order valence-corrected chi connectivity index (χ4v) is 2.20. The van der Waals surface area contributed by atoms with Gasteiger partial charge in [-0.05, 0) is 12.3 Å². The van der Waals surface area contributed by atoms with Crippen molar-refractivity contribution in [1.82, 2.24) is 0 Å². The summed E-state index contributed by atoms with van der Waals surface area (Å²) < 4.78 is 9.07. The van der Waals surface area contributed by atoms with E-state index in [0.717, 1.165) is 6.42 Å². The van der Waals surface area contributed by atoms with Gasteiger partial charge in [-0.1, -0.05) is 32.1 Å². The summed E-state index contributed by atoms with van der Waals surface area (Å²) in [6, 6.07) is 0. The summed E-state index contributed by atoms with van der Waals surface area (Å²) in [6.07, 6.45) is 7.40. The molecule has 18 heavy (non-hydrogen) atoms. The van der Waals surface area contributed by atoms with Crippen LogP contribution in [0, 0.1) is 5.92 Å². The van der Waals surface area contributed by atoms with Gasteiger partial charge in [0.15, 0.2) is 13.2 Å². The molecule has 1 aliphatic carbocycles. The molecule has 0 saturated heterocycles. The highest BCUT2D eigenvalue weighted by Gasteiger charge is 2.15. The number of rotatable bonds is 8. The number of Topliss-reactive ketones (excluding diaryl/α,β-unsaturated/α-hetero) is 1. The van der Waals surface area contributed by atoms with E-state index >= 15 is 0 Å². The first kappa shape index (κ1) is 14.7. The minimum Gasteiger partial charge on any atom is -0.460 e. The Balaban J connectivity index is 2.05. The predicted octanol–water partition coefficient (Wildman–Crippen LogP) is 1.63. The van der Waals surface area contributed by atoms with E-state index in [0.29, 0.717) is 12.3 Å². The molecular formula is C13H20O5. The molecule has 1 saturated carbocycles. The van der Waals surface area contributed by atoms with Crippen LogP contribution in [0.15, 0.2) is 0 Å². The van der Waals surface area contributed by atoms with E-state index in [1.807, 2.05) is 0 Å². The van der Waals surface area contributed by atoms with Crippen LogP contribution in [-0.2, 0) is 23.9 Å². The van der Waals surface area contributed by atoms with Gasteiger partial charge in [-0.3, -0.25) is 14.4 Å². The Morgan fingerprint density at radius 1 is 1.11 bits per heavy atom. The molecule has 0 aromatic carbocycles. The van der Waals surface area contributed by atoms with Crippen molar-refractivity contribution in [1.29, 1.82) is 0 Å². The summed E-state index contributed by atoms with van der Waals surface area (Å²) in [5.74, 6) is -0.131. The molecule has 0 aliphatic heterocycles. The van der Waals surface area contributed by atoms with Crippen LogP contribution in [0.5, 0.6) is 0 Å². The third-order valence-electron chi connectivity index (χ3n) is 3.19. The van der Waals surface area contributed by atoms with Crippen molar-refractivity contribution in [3.63, 3.8) is 0 Å². The van der Waals surface area contributed by atoms with Crippen molar-refractivity contribution in [2.45, 2.75) is 44.9 Å². The zero-order valence-corrected chi connectivity index (χ0v) is 10.6. The van der Waals surface area contributed by atoms with Crippen molar-refractivity contribution in [2.75, 3.05) is 13.2 Å². The summed E-state index contributed by atoms with van der Waals surface area (Å²) >= 11 is 0. The first-order valence-electron chi connectivity index (χ1n) is 6.45. The molecule has 1 rings (SSSR count). The van der Waals surface area contributed by atoms with Crippen molar-refractivity contribution >= 4 is 18.2 Å². The number of ether oxygens (including phenoxy) is 2. The lowest BCUT2D eigenvalue weighted by Crippen LogP contribution is -2.18. The minimum absolute atomic E-state index is 0.197. The normalized spacial score (nSPS) is 16.0. The Bertz CT molecular complexity index is 281. The van der Waals surface area contributed by atoms with Crippen molar-refractivity contribution in [3.05, 3.63) is 0 Å². The topological polar surface area (TPSA) is 69.7 Å². The fraction of sp³-hybridized carbons (Fsp3) is 0.769. The van der Waals surface area contributed by atoms with Gasteiger partial charge in [-0.25, -0.2) is 0 Å². The largest absolute Gasteiger partial charge is 0.460 e. The Morgan fingerprint density at radius 2 is 1.83 bits per heavy atom. The van der Waals surface area contributed by atoms with Gasteiger partial charge in [0.05, 0.1) is 0 Å². The lowest BCUT2D eigenvalue weighted by atomic mass is 9.86. The maximum absolute atomic E-state index is 11.4. The lowest BCUT2D eigenvalue weighted by Gasteiger charge is -2.20. The van der Waals surface area contributed by atoms with Gasteiger partial charge < -0.3 is 9.47 Å². The van der Waals surface area contributed by atoms with Crippen LogP contribution < -0.4 is 0 Å². The van der Waals surface area contributed by atoms with E-state index in [1.165, 1.54) is 32.1 Å². The van der Waals surface area contributed by atoms with Crippen molar-refractivity contribution in [2.24, 2.45) is 5.92 Å². The summed E-state index contributed by atoms with van der Waals surface area (Å²) in [5, 5.41) is 0. The molecule has 1 aliphatic rings. The van der Waals surface area contributed by atoms with Crippen LogP contribution in [0.1, 0.15) is 44.9 Å². The van der Waals surface area contributed by atoms with Crippen LogP contribution >= 0.6 is 0 Å². The summed E-state index contributed by atoms with van der Waals surface area (Å²) in [4.78, 5) is 32.3. The first-order valence-corrected chi connectivity index (χ1v) is 6.45. The number of hydrogen-bond acceptors (Lipinski definition) is 5. The smallest absolute Gasteiger partial charge is 0.306 e. The second-order valence-electron chi connectivity index (χ2n) is 4.65. The molecule has 0 aromatic heterocycles. The van der Waals surface area contributed by atoms with Crippen LogP contribution in [-0.4, -0.2) is 31.4 Å². The highest BCUT2D eigenvalue weighted by Crippen LogP contribution is 2.27. The molecule has 0 unspecified atom stereocenters. The maximum Gasteiger partial charge on any atom is 0.306 e. The average Bonchev–Trinajstić information content (AvgIpc) is 2.41. The van der Waals surface area contributed by atoms with Crippen LogP contribution in [0.4, 0.5) is 0 Å². The quantitative estimate of drug-likeness (QED) is 0.487. The lowest BCUT2D eigenvalue weighted by molar-refractivity contribution is -0.150. The molecule has 0 amide bonds. The van der Waals surface area contributed by atoms with Gasteiger partial charge in [0.25, 0.3) is 6.47 Å². The fourth-order valence-electron chi connectivity index (χ4n) is 2.20. The Morgan fingerprint density at radius 3 is 2.50 bits per heavy atom. The van der Waals surface area contributed by atoms with Gasteiger partial charge >= 0.3 is 5.97 Å². The van der Waals surface area contributed by atoms with Gasteiger partial charge in [0, 0.05) is 6.42 Å². The molecule has 5 heteroatoms. The zero-order chi connectivity index (χ0) is 13.2. The molecular weight excluding hydrogens is 236 g/mol. The monoisotopic (exact) mass is 256 g/mol. The van der Waals surface area contributed by atoms with Gasteiger partial charge in [-0.2, -0.15) is 0 Å². The van der Waals surface area contributed by atoms with Crippen molar-refractivity contribution < 1.29 is 23.9 Å². The number of hydrogen-bond donors (Lipinski definition) is 0. The third kappa shape index (κ3) is 6.37. The molecule has 0 heterocycles. The van der Waals surface area contributed by atoms with E-state index in [2.05, 4.69) is 4.74 Å². The molecule has 102 valence electrons. The number of carbonyl (C=O) groups is 3. The summed E-state index contributed by atoms with van der Waals surface area (Å²) in [5.41, 5.74) is 0. The van der Waals surface area contributed by atoms with Gasteiger partial charge in [-0.15, -0.1) is 0 Å². The highest BCUT2D eigenvalue weighted by atomic mass is 16.5. The molecule has 1 fully saturated rings. The Hall–Kier alpha value is -1.39. The zero-order valence-electron chi connectivity index (χ0n) is 10.6. The molecule has 0 aromatic rings. The standard InChI is InChI=1S/C13H20O5/c14-10-17-8-12(15)9-18-13(16)7-6-11-4-2-1-3-5-11/h10-11H,1-9H2. The van der Waals surface area contributed by atoms with Gasteiger partial charge in [0.2, 0.25) is 5.78 Å². The molecule has 0 radical (unpaired) electrons. The number of carbonyl (C=O) groups excluding carboxylic acids is 3. The maximum atomic E-state index is 11.4. The minimum atomic E-state index is -0.409. The van der Waals surface area contributed by atoms with E-state index in [9.17, 15) is 14.4 Å². The molecule has 5 nitrogen and oxygen atoms in total. The molecule has 0 bridgehead atoms. The third-order valence-corrected chi connectivity index (χ3v) is 3.19. The van der Waals surface area contributed by atoms with Gasteiger partial charge in [0.1, 0.15) is 0 Å². The summed E-state index contributed by atoms with van der Waals surface area (Å²) in [6.45, 7) is -0.445. The van der Waals surface area contributed by atoms with Crippen LogP contribution in [0.3, 0.4) is 0 Å². The van der Waals surface area contributed by atoms with E-state index in [-0.39, 0.29) is 25.7 Å². The number of ketones is 1. The van der Waals surface area contributed by atoms with Crippen LogP contribution in [0.2, 0.25) is 0 Å². The Labute approximate surface area is 107 Å². The highest BCUT2D eigenvalue weighted by molar-refractivity contribution is 5.83. The summed E-state index contributed by atoms with van der Waals surface area (Å²) in [7, 11) is 0. The van der Waals surface area contributed by atoms with Crippen LogP contribution in [0.25, 0.3) is 0 Å². The van der Waals surface area contributed by atoms with E-state index < -0.39 is 5.78 Å².